The normalized spacial score (nSPS) is 14.7. The number of primary amides is 1. The van der Waals surface area contributed by atoms with Gasteiger partial charge in [-0.25, -0.2) is 9.48 Å². The van der Waals surface area contributed by atoms with E-state index in [4.69, 9.17) is 17.3 Å². The van der Waals surface area contributed by atoms with Crippen LogP contribution in [-0.4, -0.2) is 29.0 Å². The van der Waals surface area contributed by atoms with Gasteiger partial charge in [-0.05, 0) is 18.8 Å². The molecule has 0 aliphatic heterocycles. The number of aromatic nitrogens is 2. The number of ether oxygens (including phenoxy) is 1. The molecule has 20 heavy (non-hydrogen) atoms. The average Bonchev–Trinajstić information content (AvgIpc) is 2.34. The summed E-state index contributed by atoms with van der Waals surface area (Å²) < 4.78 is 6.00. The fourth-order valence-electron chi connectivity index (χ4n) is 2.01. The molecule has 0 radical (unpaired) electrons. The number of nitrogens with one attached hydrogen (secondary N) is 1. The molecule has 1 saturated carbocycles. The molecule has 1 heterocycles. The van der Waals surface area contributed by atoms with Crippen LogP contribution in [0, 0.1) is 5.92 Å². The van der Waals surface area contributed by atoms with Crippen molar-refractivity contribution in [2.75, 3.05) is 18.5 Å². The predicted octanol–water partition coefficient (Wildman–Crippen LogP) is 1.20. The van der Waals surface area contributed by atoms with E-state index in [-0.39, 0.29) is 29.4 Å². The molecule has 0 unspecified atom stereocenters. The molecule has 8 heteroatoms. The van der Waals surface area contributed by atoms with Crippen molar-refractivity contribution in [3.63, 3.8) is 0 Å². The van der Waals surface area contributed by atoms with Gasteiger partial charge in [0.05, 0.1) is 11.2 Å². The molecule has 1 aromatic heterocycles. The summed E-state index contributed by atoms with van der Waals surface area (Å²) in [6.07, 6.45) is 4.06. The number of carbonyl (C=O) groups is 1. The fourth-order valence-corrected chi connectivity index (χ4v) is 2.20. The van der Waals surface area contributed by atoms with Crippen LogP contribution in [0.15, 0.2) is 11.0 Å². The molecule has 0 bridgehead atoms. The third-order valence-electron chi connectivity index (χ3n) is 3.30. The zero-order chi connectivity index (χ0) is 14.5. The molecule has 0 spiro atoms. The van der Waals surface area contributed by atoms with E-state index in [1.54, 1.807) is 0 Å². The zero-order valence-corrected chi connectivity index (χ0v) is 11.7. The van der Waals surface area contributed by atoms with Gasteiger partial charge in [-0.15, -0.1) is 0 Å². The molecule has 1 fully saturated rings. The van der Waals surface area contributed by atoms with Crippen molar-refractivity contribution in [1.29, 1.82) is 0 Å². The highest BCUT2D eigenvalue weighted by atomic mass is 35.5. The second-order valence-electron chi connectivity index (χ2n) is 4.75. The lowest BCUT2D eigenvalue weighted by atomic mass is 9.85. The molecule has 3 N–H and O–H groups in total. The van der Waals surface area contributed by atoms with Gasteiger partial charge < -0.3 is 15.8 Å². The van der Waals surface area contributed by atoms with Crippen LogP contribution in [0.5, 0.6) is 0 Å². The van der Waals surface area contributed by atoms with Crippen molar-refractivity contribution < 1.29 is 9.53 Å². The smallest absolute Gasteiger partial charge is 0.404 e. The van der Waals surface area contributed by atoms with Crippen LogP contribution in [0.3, 0.4) is 0 Å². The highest BCUT2D eigenvalue weighted by molar-refractivity contribution is 6.32. The minimum Gasteiger partial charge on any atom is -0.448 e. The Morgan fingerprint density at radius 2 is 2.35 bits per heavy atom. The maximum Gasteiger partial charge on any atom is 0.404 e. The van der Waals surface area contributed by atoms with E-state index < -0.39 is 6.09 Å². The molecule has 0 atom stereocenters. The van der Waals surface area contributed by atoms with Crippen LogP contribution in [0.25, 0.3) is 0 Å². The van der Waals surface area contributed by atoms with E-state index in [1.165, 1.54) is 17.3 Å². The minimum absolute atomic E-state index is 0.0655. The molecule has 0 aromatic carbocycles. The van der Waals surface area contributed by atoms with Crippen LogP contribution < -0.4 is 16.6 Å². The molecule has 110 valence electrons. The number of carbonyl (C=O) groups excluding carboxylic acids is 1. The lowest BCUT2D eigenvalue weighted by Crippen LogP contribution is -2.31. The van der Waals surface area contributed by atoms with Gasteiger partial charge in [0.2, 0.25) is 0 Å². The maximum atomic E-state index is 12.2. The zero-order valence-electron chi connectivity index (χ0n) is 11.0. The Balaban J connectivity index is 2.00. The Morgan fingerprint density at radius 1 is 1.60 bits per heavy atom. The van der Waals surface area contributed by atoms with Crippen molar-refractivity contribution in [2.24, 2.45) is 11.7 Å². The molecule has 1 aliphatic carbocycles. The summed E-state index contributed by atoms with van der Waals surface area (Å²) in [5.41, 5.74) is 4.85. The lowest BCUT2D eigenvalue weighted by molar-refractivity contribution is 0.161. The monoisotopic (exact) mass is 300 g/mol. The molecule has 1 aromatic rings. The minimum atomic E-state index is -0.852. The number of amides is 1. The van der Waals surface area contributed by atoms with E-state index in [0.717, 1.165) is 12.8 Å². The second-order valence-corrected chi connectivity index (χ2v) is 5.15. The summed E-state index contributed by atoms with van der Waals surface area (Å²) in [5, 5.41) is 7.14. The molecule has 1 aliphatic rings. The first-order valence-corrected chi connectivity index (χ1v) is 6.87. The van der Waals surface area contributed by atoms with Gasteiger partial charge in [0.1, 0.15) is 12.3 Å². The van der Waals surface area contributed by atoms with Crippen LogP contribution >= 0.6 is 11.6 Å². The van der Waals surface area contributed by atoms with Crippen LogP contribution in [-0.2, 0) is 11.3 Å². The molecular weight excluding hydrogens is 284 g/mol. The molecular formula is C12H17ClN4O3. The van der Waals surface area contributed by atoms with Gasteiger partial charge in [-0.2, -0.15) is 5.10 Å². The Labute approximate surface area is 121 Å². The summed E-state index contributed by atoms with van der Waals surface area (Å²) in [5.74, 6) is 0.521. The number of halogens is 1. The Hall–Kier alpha value is -1.76. The molecule has 1 amide bonds. The Bertz CT molecular complexity index is 542. The average molecular weight is 301 g/mol. The number of anilines is 1. The highest BCUT2D eigenvalue weighted by Gasteiger charge is 2.20. The van der Waals surface area contributed by atoms with Crippen LogP contribution in [0.2, 0.25) is 5.02 Å². The second kappa shape index (κ2) is 6.60. The number of nitrogens with zero attached hydrogens (tertiary/aromatic N) is 2. The largest absolute Gasteiger partial charge is 0.448 e. The topological polar surface area (TPSA) is 99.2 Å². The van der Waals surface area contributed by atoms with E-state index in [2.05, 4.69) is 15.2 Å². The van der Waals surface area contributed by atoms with Crippen molar-refractivity contribution >= 4 is 23.4 Å². The highest BCUT2D eigenvalue weighted by Crippen LogP contribution is 2.27. The lowest BCUT2D eigenvalue weighted by Gasteiger charge is -2.25. The standard InChI is InChI=1S/C12H17ClN4O3/c13-9-6-16-17(7-8-2-1-3-8)11(18)10(9)15-4-5-20-12(14)19/h6,8,15H,1-5,7H2,(H2,14,19). The van der Waals surface area contributed by atoms with E-state index >= 15 is 0 Å². The first-order valence-electron chi connectivity index (χ1n) is 6.49. The number of hydrogen-bond acceptors (Lipinski definition) is 5. The third-order valence-corrected chi connectivity index (χ3v) is 3.59. The SMILES string of the molecule is NC(=O)OCCNc1c(Cl)cnn(CC2CCC2)c1=O. The number of hydrogen-bond donors (Lipinski definition) is 2. The quantitative estimate of drug-likeness (QED) is 0.769. The van der Waals surface area contributed by atoms with Gasteiger partial charge in [-0.1, -0.05) is 18.0 Å². The van der Waals surface area contributed by atoms with Crippen LogP contribution in [0.4, 0.5) is 10.5 Å². The van der Waals surface area contributed by atoms with Gasteiger partial charge in [0.15, 0.2) is 0 Å². The predicted molar refractivity (Wildman–Crippen MR) is 74.9 cm³/mol. The van der Waals surface area contributed by atoms with Gasteiger partial charge in [0, 0.05) is 13.1 Å². The van der Waals surface area contributed by atoms with E-state index in [9.17, 15) is 9.59 Å². The van der Waals surface area contributed by atoms with Crippen molar-refractivity contribution in [3.8, 4) is 0 Å². The van der Waals surface area contributed by atoms with Crippen molar-refractivity contribution in [3.05, 3.63) is 21.6 Å². The Morgan fingerprint density at radius 3 is 2.95 bits per heavy atom. The van der Waals surface area contributed by atoms with Gasteiger partial charge >= 0.3 is 6.09 Å². The van der Waals surface area contributed by atoms with Crippen molar-refractivity contribution in [1.82, 2.24) is 9.78 Å². The summed E-state index contributed by atoms with van der Waals surface area (Å²) >= 11 is 5.96. The summed E-state index contributed by atoms with van der Waals surface area (Å²) in [4.78, 5) is 22.6. The van der Waals surface area contributed by atoms with Crippen LogP contribution in [0.1, 0.15) is 19.3 Å². The van der Waals surface area contributed by atoms with Crippen molar-refractivity contribution in [2.45, 2.75) is 25.8 Å². The molecule has 2 rings (SSSR count). The van der Waals surface area contributed by atoms with Gasteiger partial charge in [-0.3, -0.25) is 4.79 Å². The number of nitrogens with two attached hydrogens (primary N) is 1. The summed E-state index contributed by atoms with van der Waals surface area (Å²) in [6.45, 7) is 0.934. The van der Waals surface area contributed by atoms with Gasteiger partial charge in [0.25, 0.3) is 5.56 Å². The summed E-state index contributed by atoms with van der Waals surface area (Å²) in [7, 11) is 0. The molecule has 0 saturated heterocycles. The summed E-state index contributed by atoms with van der Waals surface area (Å²) in [6, 6.07) is 0. The number of rotatable bonds is 6. The fraction of sp³-hybridized carbons (Fsp3) is 0.583. The Kier molecular flexibility index (Phi) is 4.84. The molecule has 7 nitrogen and oxygen atoms in total. The first-order chi connectivity index (χ1) is 9.58. The third kappa shape index (κ3) is 3.63. The van der Waals surface area contributed by atoms with E-state index in [1.807, 2.05) is 0 Å². The first kappa shape index (κ1) is 14.6. The maximum absolute atomic E-state index is 12.2. The van der Waals surface area contributed by atoms with E-state index in [0.29, 0.717) is 12.5 Å².